The van der Waals surface area contributed by atoms with Gasteiger partial charge in [0.25, 0.3) is 0 Å². The maximum Gasteiger partial charge on any atom is 0.223 e. The topological polar surface area (TPSA) is 37.8 Å². The van der Waals surface area contributed by atoms with E-state index >= 15 is 0 Å². The standard InChI is InChI=1S/C15H17N3/c1-11-7-8-12-5-2-3-6-13(12)14(11)18-15-16-9-4-10-17-15/h2-6,9-11,14H,7-8H2,1H3,(H,16,17,18). The van der Waals surface area contributed by atoms with Crippen LogP contribution in [0.15, 0.2) is 42.7 Å². The fourth-order valence-electron chi connectivity index (χ4n) is 2.65. The Hall–Kier alpha value is -1.90. The van der Waals surface area contributed by atoms with Crippen LogP contribution in [0, 0.1) is 5.92 Å². The Kier molecular flexibility index (Phi) is 2.97. The molecule has 3 nitrogen and oxygen atoms in total. The van der Waals surface area contributed by atoms with Crippen LogP contribution in [0.4, 0.5) is 5.95 Å². The quantitative estimate of drug-likeness (QED) is 0.874. The molecule has 1 aromatic carbocycles. The van der Waals surface area contributed by atoms with Crippen LogP contribution in [0.1, 0.15) is 30.5 Å². The second-order valence-electron chi connectivity index (χ2n) is 4.91. The molecule has 0 aliphatic heterocycles. The fraction of sp³-hybridized carbons (Fsp3) is 0.333. The average Bonchev–Trinajstić information content (AvgIpc) is 2.43. The number of hydrogen-bond acceptors (Lipinski definition) is 3. The molecule has 3 rings (SSSR count). The van der Waals surface area contributed by atoms with Crippen molar-refractivity contribution < 1.29 is 0 Å². The lowest BCUT2D eigenvalue weighted by molar-refractivity contribution is 0.432. The first-order chi connectivity index (χ1) is 8.84. The number of nitrogens with one attached hydrogen (secondary N) is 1. The molecule has 0 saturated carbocycles. The van der Waals surface area contributed by atoms with E-state index < -0.39 is 0 Å². The first-order valence-electron chi connectivity index (χ1n) is 6.46. The predicted molar refractivity (Wildman–Crippen MR) is 72.3 cm³/mol. The van der Waals surface area contributed by atoms with Gasteiger partial charge >= 0.3 is 0 Å². The maximum absolute atomic E-state index is 4.26. The summed E-state index contributed by atoms with van der Waals surface area (Å²) < 4.78 is 0. The SMILES string of the molecule is CC1CCc2ccccc2C1Nc1ncccn1. The van der Waals surface area contributed by atoms with Gasteiger partial charge in [-0.15, -0.1) is 0 Å². The fourth-order valence-corrected chi connectivity index (χ4v) is 2.65. The van der Waals surface area contributed by atoms with Crippen LogP contribution in [-0.4, -0.2) is 9.97 Å². The minimum absolute atomic E-state index is 0.317. The highest BCUT2D eigenvalue weighted by Crippen LogP contribution is 2.35. The molecule has 3 heteroatoms. The zero-order valence-corrected chi connectivity index (χ0v) is 10.5. The monoisotopic (exact) mass is 239 g/mol. The van der Waals surface area contributed by atoms with Gasteiger partial charge < -0.3 is 5.32 Å². The summed E-state index contributed by atoms with van der Waals surface area (Å²) in [6.45, 7) is 2.29. The molecule has 1 aliphatic rings. The molecule has 0 amide bonds. The van der Waals surface area contributed by atoms with Crippen LogP contribution >= 0.6 is 0 Å². The molecule has 0 saturated heterocycles. The molecule has 92 valence electrons. The van der Waals surface area contributed by atoms with Crippen molar-refractivity contribution in [3.8, 4) is 0 Å². The molecule has 18 heavy (non-hydrogen) atoms. The second-order valence-corrected chi connectivity index (χ2v) is 4.91. The lowest BCUT2D eigenvalue weighted by Gasteiger charge is -2.32. The second kappa shape index (κ2) is 4.77. The number of benzene rings is 1. The Morgan fingerprint density at radius 2 is 1.89 bits per heavy atom. The zero-order chi connectivity index (χ0) is 12.4. The summed E-state index contributed by atoms with van der Waals surface area (Å²) in [6.07, 6.45) is 5.93. The van der Waals surface area contributed by atoms with Crippen molar-refractivity contribution in [2.75, 3.05) is 5.32 Å². The van der Waals surface area contributed by atoms with E-state index in [2.05, 4.69) is 46.5 Å². The Balaban J connectivity index is 1.91. The Bertz CT molecular complexity index is 524. The molecule has 0 bridgehead atoms. The van der Waals surface area contributed by atoms with Crippen molar-refractivity contribution in [1.29, 1.82) is 0 Å². The van der Waals surface area contributed by atoms with E-state index in [-0.39, 0.29) is 0 Å². The van der Waals surface area contributed by atoms with Crippen molar-refractivity contribution in [3.63, 3.8) is 0 Å². The van der Waals surface area contributed by atoms with Crippen LogP contribution in [0.3, 0.4) is 0 Å². The smallest absolute Gasteiger partial charge is 0.223 e. The molecule has 1 heterocycles. The normalized spacial score (nSPS) is 22.3. The van der Waals surface area contributed by atoms with E-state index in [9.17, 15) is 0 Å². The molecular formula is C15H17N3. The van der Waals surface area contributed by atoms with Gasteiger partial charge in [-0.25, -0.2) is 9.97 Å². The highest BCUT2D eigenvalue weighted by atomic mass is 15.1. The molecule has 0 radical (unpaired) electrons. The van der Waals surface area contributed by atoms with Crippen LogP contribution in [-0.2, 0) is 6.42 Å². The lowest BCUT2D eigenvalue weighted by atomic mass is 9.81. The van der Waals surface area contributed by atoms with Crippen molar-refractivity contribution >= 4 is 5.95 Å². The van der Waals surface area contributed by atoms with Crippen molar-refractivity contribution in [1.82, 2.24) is 9.97 Å². The van der Waals surface area contributed by atoms with Gasteiger partial charge in [0, 0.05) is 12.4 Å². The van der Waals surface area contributed by atoms with Gasteiger partial charge in [-0.1, -0.05) is 31.2 Å². The third kappa shape index (κ3) is 2.08. The number of anilines is 1. The summed E-state index contributed by atoms with van der Waals surface area (Å²) in [7, 11) is 0. The molecule has 1 aromatic heterocycles. The molecule has 0 fully saturated rings. The molecule has 1 aliphatic carbocycles. The Morgan fingerprint density at radius 1 is 1.11 bits per heavy atom. The number of aromatic nitrogens is 2. The highest BCUT2D eigenvalue weighted by molar-refractivity contribution is 5.39. The minimum Gasteiger partial charge on any atom is -0.347 e. The van der Waals surface area contributed by atoms with E-state index in [0.29, 0.717) is 17.9 Å². The summed E-state index contributed by atoms with van der Waals surface area (Å²) in [6, 6.07) is 10.8. The first kappa shape index (κ1) is 11.2. The zero-order valence-electron chi connectivity index (χ0n) is 10.5. The third-order valence-electron chi connectivity index (χ3n) is 3.68. The van der Waals surface area contributed by atoms with Crippen molar-refractivity contribution in [3.05, 3.63) is 53.9 Å². The maximum atomic E-state index is 4.26. The van der Waals surface area contributed by atoms with E-state index in [1.807, 2.05) is 6.07 Å². The summed E-state index contributed by atoms with van der Waals surface area (Å²) in [5, 5.41) is 3.46. The summed E-state index contributed by atoms with van der Waals surface area (Å²) in [5.74, 6) is 1.31. The van der Waals surface area contributed by atoms with Crippen LogP contribution in [0.5, 0.6) is 0 Å². The molecule has 0 spiro atoms. The number of fused-ring (bicyclic) bond motifs is 1. The predicted octanol–water partition coefficient (Wildman–Crippen LogP) is 3.21. The van der Waals surface area contributed by atoms with Gasteiger partial charge in [0.05, 0.1) is 6.04 Å². The van der Waals surface area contributed by atoms with Crippen LogP contribution < -0.4 is 5.32 Å². The van der Waals surface area contributed by atoms with Gasteiger partial charge in [-0.3, -0.25) is 0 Å². The summed E-state index contributed by atoms with van der Waals surface area (Å²) in [4.78, 5) is 8.52. The Morgan fingerprint density at radius 3 is 2.72 bits per heavy atom. The number of rotatable bonds is 2. The number of aryl methyl sites for hydroxylation is 1. The first-order valence-corrected chi connectivity index (χ1v) is 6.46. The third-order valence-corrected chi connectivity index (χ3v) is 3.68. The summed E-state index contributed by atoms with van der Waals surface area (Å²) in [5.41, 5.74) is 2.84. The minimum atomic E-state index is 0.317. The van der Waals surface area contributed by atoms with Crippen LogP contribution in [0.25, 0.3) is 0 Å². The van der Waals surface area contributed by atoms with Gasteiger partial charge in [0.2, 0.25) is 5.95 Å². The number of nitrogens with zero attached hydrogens (tertiary/aromatic N) is 2. The summed E-state index contributed by atoms with van der Waals surface area (Å²) >= 11 is 0. The molecule has 2 unspecified atom stereocenters. The van der Waals surface area contributed by atoms with E-state index in [1.165, 1.54) is 24.0 Å². The lowest BCUT2D eigenvalue weighted by Crippen LogP contribution is -2.25. The van der Waals surface area contributed by atoms with Crippen LogP contribution in [0.2, 0.25) is 0 Å². The van der Waals surface area contributed by atoms with Gasteiger partial charge in [0.15, 0.2) is 0 Å². The van der Waals surface area contributed by atoms with Gasteiger partial charge in [-0.2, -0.15) is 0 Å². The van der Waals surface area contributed by atoms with Crippen molar-refractivity contribution in [2.24, 2.45) is 5.92 Å². The van der Waals surface area contributed by atoms with Gasteiger partial charge in [0.1, 0.15) is 0 Å². The molecule has 2 aromatic rings. The van der Waals surface area contributed by atoms with E-state index in [0.717, 1.165) is 0 Å². The van der Waals surface area contributed by atoms with E-state index in [4.69, 9.17) is 0 Å². The average molecular weight is 239 g/mol. The highest BCUT2D eigenvalue weighted by Gasteiger charge is 2.26. The number of hydrogen-bond donors (Lipinski definition) is 1. The molecular weight excluding hydrogens is 222 g/mol. The van der Waals surface area contributed by atoms with E-state index in [1.54, 1.807) is 12.4 Å². The van der Waals surface area contributed by atoms with Gasteiger partial charge in [-0.05, 0) is 36.0 Å². The molecule has 1 N–H and O–H groups in total. The Labute approximate surface area is 107 Å². The molecule has 2 atom stereocenters. The van der Waals surface area contributed by atoms with Crippen molar-refractivity contribution in [2.45, 2.75) is 25.8 Å². The largest absolute Gasteiger partial charge is 0.347 e.